The molecule has 0 aromatic carbocycles. The van der Waals surface area contributed by atoms with Gasteiger partial charge in [0.25, 0.3) is 0 Å². The van der Waals surface area contributed by atoms with Gasteiger partial charge in [0.2, 0.25) is 0 Å². The van der Waals surface area contributed by atoms with Gasteiger partial charge in [-0.05, 0) is 13.8 Å². The predicted molar refractivity (Wildman–Crippen MR) is 38.6 cm³/mol. The molecular weight excluding hydrogens is 132 g/mol. The van der Waals surface area contributed by atoms with Crippen molar-refractivity contribution in [2.45, 2.75) is 13.2 Å². The molecule has 61 valence electrons. The van der Waals surface area contributed by atoms with Crippen LogP contribution in [0.1, 0.15) is 6.92 Å². The molecule has 10 heavy (non-hydrogen) atoms. The Labute approximate surface area is 62.3 Å². The van der Waals surface area contributed by atoms with E-state index in [9.17, 15) is 0 Å². The fraction of sp³-hybridized carbons (Fsp3) is 0.857. The highest BCUT2D eigenvalue weighted by molar-refractivity contribution is 4.40. The van der Waals surface area contributed by atoms with E-state index in [1.54, 1.807) is 7.11 Å². The van der Waals surface area contributed by atoms with Crippen molar-refractivity contribution in [3.8, 4) is 0 Å². The summed E-state index contributed by atoms with van der Waals surface area (Å²) in [6, 6.07) is 0. The first-order valence-corrected chi connectivity index (χ1v) is 3.36. The van der Waals surface area contributed by atoms with Crippen LogP contribution in [0.3, 0.4) is 0 Å². The third kappa shape index (κ3) is 4.73. The largest absolute Gasteiger partial charge is 0.376 e. The van der Waals surface area contributed by atoms with E-state index < -0.39 is 0 Å². The minimum Gasteiger partial charge on any atom is -0.376 e. The second-order valence-corrected chi connectivity index (χ2v) is 1.70. The van der Waals surface area contributed by atoms with Crippen LogP contribution in [0.15, 0.2) is 0 Å². The minimum absolute atomic E-state index is 0.244. The highest BCUT2D eigenvalue weighted by Gasteiger charge is 2.04. The molecule has 0 aliphatic rings. The summed E-state index contributed by atoms with van der Waals surface area (Å²) in [4.78, 5) is 0. The number of hydrogen-bond donors (Lipinski definition) is 0. The first-order valence-electron chi connectivity index (χ1n) is 3.36. The molecule has 0 saturated carbocycles. The van der Waals surface area contributed by atoms with E-state index in [0.717, 1.165) is 0 Å². The van der Waals surface area contributed by atoms with Crippen LogP contribution in [-0.2, 0) is 14.2 Å². The summed E-state index contributed by atoms with van der Waals surface area (Å²) in [6.45, 7) is 6.97. The zero-order valence-electron chi connectivity index (χ0n) is 6.63. The van der Waals surface area contributed by atoms with Crippen molar-refractivity contribution in [2.75, 3.05) is 26.9 Å². The van der Waals surface area contributed by atoms with E-state index in [1.807, 2.05) is 6.92 Å². The number of ether oxygens (including phenoxy) is 3. The van der Waals surface area contributed by atoms with E-state index in [-0.39, 0.29) is 6.29 Å². The van der Waals surface area contributed by atoms with Crippen LogP contribution in [0, 0.1) is 6.92 Å². The minimum atomic E-state index is -0.244. The average molecular weight is 147 g/mol. The highest BCUT2D eigenvalue weighted by Crippen LogP contribution is 1.92. The van der Waals surface area contributed by atoms with Crippen molar-refractivity contribution in [1.82, 2.24) is 0 Å². The van der Waals surface area contributed by atoms with Crippen LogP contribution >= 0.6 is 0 Å². The molecule has 1 atom stereocenters. The van der Waals surface area contributed by atoms with Crippen molar-refractivity contribution >= 4 is 0 Å². The Morgan fingerprint density at radius 1 is 1.50 bits per heavy atom. The average Bonchev–Trinajstić information content (AvgIpc) is 1.98. The van der Waals surface area contributed by atoms with Gasteiger partial charge in [-0.1, -0.05) is 0 Å². The zero-order valence-corrected chi connectivity index (χ0v) is 6.63. The summed E-state index contributed by atoms with van der Waals surface area (Å²) in [7, 11) is 1.59. The van der Waals surface area contributed by atoms with Crippen LogP contribution in [0.2, 0.25) is 0 Å². The maximum absolute atomic E-state index is 5.12. The molecule has 0 aliphatic carbocycles. The van der Waals surface area contributed by atoms with Crippen LogP contribution in [0.25, 0.3) is 0 Å². The summed E-state index contributed by atoms with van der Waals surface area (Å²) in [5, 5.41) is 0. The maximum atomic E-state index is 5.12. The fourth-order valence-electron chi connectivity index (χ4n) is 0.550. The van der Waals surface area contributed by atoms with Crippen LogP contribution in [-0.4, -0.2) is 33.2 Å². The third-order valence-corrected chi connectivity index (χ3v) is 1.01. The van der Waals surface area contributed by atoms with Gasteiger partial charge in [-0.2, -0.15) is 0 Å². The molecular formula is C7H15O3. The van der Waals surface area contributed by atoms with E-state index >= 15 is 0 Å². The SMILES string of the molecule is [CH2]COCC(OC)OCC. The van der Waals surface area contributed by atoms with Gasteiger partial charge in [0.1, 0.15) is 0 Å². The number of rotatable bonds is 6. The van der Waals surface area contributed by atoms with Crippen molar-refractivity contribution < 1.29 is 14.2 Å². The Balaban J connectivity index is 3.21. The molecule has 0 aromatic rings. The first kappa shape index (κ1) is 9.88. The lowest BCUT2D eigenvalue weighted by molar-refractivity contribution is -0.152. The van der Waals surface area contributed by atoms with Crippen molar-refractivity contribution in [3.05, 3.63) is 6.92 Å². The van der Waals surface area contributed by atoms with Gasteiger partial charge < -0.3 is 14.2 Å². The van der Waals surface area contributed by atoms with Crippen LogP contribution in [0.4, 0.5) is 0 Å². The van der Waals surface area contributed by atoms with Gasteiger partial charge in [-0.3, -0.25) is 0 Å². The highest BCUT2D eigenvalue weighted by atomic mass is 16.7. The summed E-state index contributed by atoms with van der Waals surface area (Å²) >= 11 is 0. The van der Waals surface area contributed by atoms with Crippen LogP contribution < -0.4 is 0 Å². The molecule has 1 radical (unpaired) electrons. The zero-order chi connectivity index (χ0) is 7.82. The summed E-state index contributed by atoms with van der Waals surface area (Å²) in [5.74, 6) is 0. The summed E-state index contributed by atoms with van der Waals surface area (Å²) in [6.07, 6.45) is -0.244. The first-order chi connectivity index (χ1) is 4.85. The van der Waals surface area contributed by atoms with E-state index in [0.29, 0.717) is 19.8 Å². The van der Waals surface area contributed by atoms with Crippen molar-refractivity contribution in [1.29, 1.82) is 0 Å². The molecule has 1 unspecified atom stereocenters. The van der Waals surface area contributed by atoms with Crippen LogP contribution in [0.5, 0.6) is 0 Å². The molecule has 0 N–H and O–H groups in total. The predicted octanol–water partition coefficient (Wildman–Crippen LogP) is 0.846. The van der Waals surface area contributed by atoms with Gasteiger partial charge in [-0.25, -0.2) is 0 Å². The molecule has 0 rings (SSSR count). The maximum Gasteiger partial charge on any atom is 0.180 e. The van der Waals surface area contributed by atoms with Crippen molar-refractivity contribution in [2.24, 2.45) is 0 Å². The molecule has 0 bridgehead atoms. The Hall–Kier alpha value is -0.120. The Morgan fingerprint density at radius 2 is 2.20 bits per heavy atom. The number of hydrogen-bond acceptors (Lipinski definition) is 3. The smallest absolute Gasteiger partial charge is 0.180 e. The monoisotopic (exact) mass is 147 g/mol. The summed E-state index contributed by atoms with van der Waals surface area (Å²) in [5.41, 5.74) is 0. The Kier molecular flexibility index (Phi) is 6.91. The second kappa shape index (κ2) is 6.99. The van der Waals surface area contributed by atoms with Gasteiger partial charge in [-0.15, -0.1) is 0 Å². The molecule has 0 saturated heterocycles. The summed E-state index contributed by atoms with van der Waals surface area (Å²) < 4.78 is 15.0. The molecule has 3 heteroatoms. The van der Waals surface area contributed by atoms with E-state index in [2.05, 4.69) is 6.92 Å². The normalized spacial score (nSPS) is 13.5. The molecule has 0 amide bonds. The lowest BCUT2D eigenvalue weighted by Gasteiger charge is -2.13. The topological polar surface area (TPSA) is 27.7 Å². The van der Waals surface area contributed by atoms with Gasteiger partial charge in [0, 0.05) is 20.3 Å². The number of methoxy groups -OCH3 is 1. The second-order valence-electron chi connectivity index (χ2n) is 1.70. The van der Waals surface area contributed by atoms with Gasteiger partial charge in [0.05, 0.1) is 6.61 Å². The standard InChI is InChI=1S/C7H15O3/c1-4-9-6-7(8-3)10-5-2/h7H,1,4-6H2,2-3H3. The Morgan fingerprint density at radius 3 is 2.60 bits per heavy atom. The fourth-order valence-corrected chi connectivity index (χ4v) is 0.550. The van der Waals surface area contributed by atoms with E-state index in [4.69, 9.17) is 14.2 Å². The molecule has 0 fully saturated rings. The molecule has 0 heterocycles. The molecule has 0 aromatic heterocycles. The molecule has 3 nitrogen and oxygen atoms in total. The lowest BCUT2D eigenvalue weighted by Crippen LogP contribution is -2.21. The van der Waals surface area contributed by atoms with Crippen molar-refractivity contribution in [3.63, 3.8) is 0 Å². The molecule has 0 spiro atoms. The quantitative estimate of drug-likeness (QED) is 0.521. The third-order valence-electron chi connectivity index (χ3n) is 1.01. The Bertz CT molecular complexity index is 65.9. The van der Waals surface area contributed by atoms with Gasteiger partial charge in [0.15, 0.2) is 6.29 Å². The van der Waals surface area contributed by atoms with E-state index in [1.165, 1.54) is 0 Å². The lowest BCUT2D eigenvalue weighted by atomic mass is 10.6. The van der Waals surface area contributed by atoms with Gasteiger partial charge >= 0.3 is 0 Å². The molecule has 0 aliphatic heterocycles.